The Labute approximate surface area is 236 Å². The van der Waals surface area contributed by atoms with Crippen LogP contribution in [0.15, 0.2) is 17.4 Å². The van der Waals surface area contributed by atoms with Crippen LogP contribution >= 0.6 is 0 Å². The number of phenolic OH excluding ortho intramolecular Hbond substituents is 2. The van der Waals surface area contributed by atoms with Gasteiger partial charge in [0.15, 0.2) is 5.60 Å². The second-order valence-electron chi connectivity index (χ2n) is 13.4. The van der Waals surface area contributed by atoms with E-state index in [1.165, 1.54) is 13.2 Å². The standard InChI is InChI=1S/C31H35NO9/c1-28(2)7-6-8-29(3,4)30(28)11-12-17-19(15(34)10-16(41-5)22(17)30)24(36)21-18(12)23(35)13-9-14(33)20(27(32)39)25(37)31(13,40)26(21)38/h10,13,23,33-36,40H,6-9,11H2,1-5H3,(H2,32,39)/t13-,23+,31-/m1/s1. The predicted molar refractivity (Wildman–Crippen MR) is 147 cm³/mol. The maximum atomic E-state index is 14.1. The highest BCUT2D eigenvalue weighted by atomic mass is 16.5. The zero-order valence-corrected chi connectivity index (χ0v) is 23.7. The molecule has 6 rings (SSSR count). The van der Waals surface area contributed by atoms with Crippen LogP contribution < -0.4 is 10.5 Å². The van der Waals surface area contributed by atoms with Gasteiger partial charge in [-0.3, -0.25) is 14.4 Å². The molecule has 1 amide bonds. The molecule has 4 aliphatic carbocycles. The molecule has 4 aliphatic rings. The van der Waals surface area contributed by atoms with Crippen LogP contribution in [0.5, 0.6) is 17.2 Å². The van der Waals surface area contributed by atoms with Crippen LogP contribution in [0.1, 0.15) is 86.5 Å². The lowest BCUT2D eigenvalue weighted by atomic mass is 9.44. The van der Waals surface area contributed by atoms with Crippen molar-refractivity contribution in [3.8, 4) is 17.2 Å². The number of amides is 1. The lowest BCUT2D eigenvalue weighted by Gasteiger charge is -2.59. The number of ether oxygens (including phenoxy) is 1. The van der Waals surface area contributed by atoms with E-state index in [0.717, 1.165) is 24.8 Å². The Bertz CT molecular complexity index is 1630. The van der Waals surface area contributed by atoms with Gasteiger partial charge in [0.1, 0.15) is 28.6 Å². The molecular weight excluding hydrogens is 530 g/mol. The molecule has 1 spiro atoms. The number of allylic oxidation sites excluding steroid dienone is 1. The quantitative estimate of drug-likeness (QED) is 0.235. The van der Waals surface area contributed by atoms with E-state index < -0.39 is 69.6 Å². The van der Waals surface area contributed by atoms with E-state index in [9.17, 15) is 39.9 Å². The van der Waals surface area contributed by atoms with Gasteiger partial charge in [0, 0.05) is 34.8 Å². The van der Waals surface area contributed by atoms with Crippen molar-refractivity contribution < 1.29 is 44.7 Å². The summed E-state index contributed by atoms with van der Waals surface area (Å²) in [5.41, 5.74) is 0.971. The molecule has 1 saturated carbocycles. The Kier molecular flexibility index (Phi) is 5.38. The number of aliphatic hydroxyl groups excluding tert-OH is 2. The molecule has 0 saturated heterocycles. The fourth-order valence-corrected chi connectivity index (χ4v) is 9.08. The molecule has 2 aromatic rings. The summed E-state index contributed by atoms with van der Waals surface area (Å²) in [7, 11) is 1.50. The van der Waals surface area contributed by atoms with Crippen molar-refractivity contribution in [1.29, 1.82) is 0 Å². The molecule has 7 N–H and O–H groups in total. The Morgan fingerprint density at radius 1 is 1.02 bits per heavy atom. The number of ketones is 2. The molecule has 0 heterocycles. The van der Waals surface area contributed by atoms with Crippen molar-refractivity contribution in [1.82, 2.24) is 0 Å². The highest BCUT2D eigenvalue weighted by Crippen LogP contribution is 2.70. The molecule has 0 bridgehead atoms. The Morgan fingerprint density at radius 2 is 1.63 bits per heavy atom. The van der Waals surface area contributed by atoms with Gasteiger partial charge in [-0.1, -0.05) is 34.1 Å². The molecular formula is C31H35NO9. The van der Waals surface area contributed by atoms with Gasteiger partial charge in [-0.25, -0.2) is 0 Å². The first kappa shape index (κ1) is 27.5. The first-order valence-electron chi connectivity index (χ1n) is 13.8. The van der Waals surface area contributed by atoms with Gasteiger partial charge in [-0.2, -0.15) is 0 Å². The number of hydrogen-bond donors (Lipinski definition) is 6. The summed E-state index contributed by atoms with van der Waals surface area (Å²) in [6, 6.07) is 1.40. The van der Waals surface area contributed by atoms with Gasteiger partial charge in [0.05, 0.1) is 24.2 Å². The maximum Gasteiger partial charge on any atom is 0.255 e. The van der Waals surface area contributed by atoms with E-state index in [1.54, 1.807) is 0 Å². The lowest BCUT2D eigenvalue weighted by Crippen LogP contribution is -2.61. The molecule has 10 heteroatoms. The molecule has 10 nitrogen and oxygen atoms in total. The van der Waals surface area contributed by atoms with Gasteiger partial charge in [0.2, 0.25) is 11.6 Å². The van der Waals surface area contributed by atoms with E-state index in [1.807, 2.05) is 0 Å². The largest absolute Gasteiger partial charge is 0.511 e. The van der Waals surface area contributed by atoms with Crippen molar-refractivity contribution in [3.05, 3.63) is 39.7 Å². The average molecular weight is 566 g/mol. The Morgan fingerprint density at radius 3 is 2.20 bits per heavy atom. The van der Waals surface area contributed by atoms with E-state index >= 15 is 0 Å². The molecule has 0 radical (unpaired) electrons. The van der Waals surface area contributed by atoms with Crippen molar-refractivity contribution in [2.75, 3.05) is 7.11 Å². The molecule has 2 aromatic carbocycles. The Hall–Kier alpha value is -3.63. The van der Waals surface area contributed by atoms with Crippen LogP contribution in [-0.2, 0) is 21.4 Å². The van der Waals surface area contributed by atoms with E-state index in [2.05, 4.69) is 27.7 Å². The average Bonchev–Trinajstić information content (AvgIpc) is 3.24. The van der Waals surface area contributed by atoms with E-state index in [4.69, 9.17) is 10.5 Å². The van der Waals surface area contributed by atoms with Crippen LogP contribution in [-0.4, -0.2) is 55.7 Å². The highest BCUT2D eigenvalue weighted by molar-refractivity contribution is 6.33. The minimum atomic E-state index is -2.97. The zero-order chi connectivity index (χ0) is 30.2. The molecule has 1 fully saturated rings. The first-order chi connectivity index (χ1) is 19.0. The molecule has 0 unspecified atom stereocenters. The van der Waals surface area contributed by atoms with Crippen LogP contribution in [0.4, 0.5) is 0 Å². The fraction of sp³-hybridized carbons (Fsp3) is 0.516. The zero-order valence-electron chi connectivity index (χ0n) is 23.7. The summed E-state index contributed by atoms with van der Waals surface area (Å²) in [6.07, 6.45) is 0.804. The summed E-state index contributed by atoms with van der Waals surface area (Å²) in [5, 5.41) is 57.3. The minimum absolute atomic E-state index is 0.0389. The number of fused-ring (bicyclic) bond motifs is 4. The van der Waals surface area contributed by atoms with Crippen molar-refractivity contribution in [2.45, 2.75) is 76.9 Å². The number of hydrogen-bond acceptors (Lipinski definition) is 9. The SMILES string of the molecule is COc1cc(O)c2c(O)c3c(c4c2c1C1(C4)C(C)(C)CCCC1(C)C)[C@@H](O)[C@H]1CC(O)=C(C(N)=O)C(=O)[C@@]1(O)C3=O. The van der Waals surface area contributed by atoms with E-state index in [0.29, 0.717) is 23.1 Å². The summed E-state index contributed by atoms with van der Waals surface area (Å²) in [6.45, 7) is 8.66. The lowest BCUT2D eigenvalue weighted by molar-refractivity contribution is -0.143. The topological polar surface area (TPSA) is 188 Å². The van der Waals surface area contributed by atoms with Crippen LogP contribution in [0.3, 0.4) is 0 Å². The highest BCUT2D eigenvalue weighted by Gasteiger charge is 2.66. The van der Waals surface area contributed by atoms with Crippen molar-refractivity contribution in [3.63, 3.8) is 0 Å². The van der Waals surface area contributed by atoms with Crippen LogP contribution in [0.25, 0.3) is 10.8 Å². The summed E-state index contributed by atoms with van der Waals surface area (Å²) in [5.74, 6) is -6.89. The van der Waals surface area contributed by atoms with Crippen molar-refractivity contribution in [2.24, 2.45) is 22.5 Å². The van der Waals surface area contributed by atoms with Gasteiger partial charge in [-0.05, 0) is 41.2 Å². The number of phenols is 2. The van der Waals surface area contributed by atoms with Gasteiger partial charge in [0.25, 0.3) is 5.91 Å². The fourth-order valence-electron chi connectivity index (χ4n) is 9.08. The first-order valence-corrected chi connectivity index (χ1v) is 13.8. The number of Topliss-reactive ketones (excluding diaryl/α,β-unsaturated/α-hetero) is 2. The van der Waals surface area contributed by atoms with Crippen LogP contribution in [0, 0.1) is 16.7 Å². The molecule has 41 heavy (non-hydrogen) atoms. The maximum absolute atomic E-state index is 14.1. The third kappa shape index (κ3) is 2.92. The predicted octanol–water partition coefficient (Wildman–Crippen LogP) is 3.14. The monoisotopic (exact) mass is 565 g/mol. The van der Waals surface area contributed by atoms with Crippen molar-refractivity contribution >= 4 is 28.2 Å². The summed E-state index contributed by atoms with van der Waals surface area (Å²) in [4.78, 5) is 39.4. The minimum Gasteiger partial charge on any atom is -0.511 e. The number of benzene rings is 2. The van der Waals surface area contributed by atoms with E-state index in [-0.39, 0.29) is 27.5 Å². The molecule has 0 aromatic heterocycles. The second-order valence-corrected chi connectivity index (χ2v) is 13.4. The van der Waals surface area contributed by atoms with Gasteiger partial charge < -0.3 is 36.0 Å². The van der Waals surface area contributed by atoms with Gasteiger partial charge >= 0.3 is 0 Å². The smallest absolute Gasteiger partial charge is 0.255 e. The third-order valence-corrected chi connectivity index (χ3v) is 11.0. The van der Waals surface area contributed by atoms with Crippen LogP contribution in [0.2, 0.25) is 0 Å². The second kappa shape index (κ2) is 8.01. The normalized spacial score (nSPS) is 29.0. The number of aliphatic hydroxyl groups is 3. The summed E-state index contributed by atoms with van der Waals surface area (Å²) >= 11 is 0. The third-order valence-electron chi connectivity index (χ3n) is 11.0. The number of carbonyl (C=O) groups is 3. The number of carbonyl (C=O) groups excluding carboxylic acids is 3. The number of methoxy groups -OCH3 is 1. The number of rotatable bonds is 2. The summed E-state index contributed by atoms with van der Waals surface area (Å²) < 4.78 is 5.83. The molecule has 0 aliphatic heterocycles. The Balaban J connectivity index is 1.75. The number of primary amides is 1. The molecule has 218 valence electrons. The number of nitrogens with two attached hydrogens (primary N) is 1. The molecule has 3 atom stereocenters. The van der Waals surface area contributed by atoms with Gasteiger partial charge in [-0.15, -0.1) is 0 Å². The number of aromatic hydroxyl groups is 2.